The Kier molecular flexibility index (Phi) is 4.32. The van der Waals surface area contributed by atoms with Crippen molar-refractivity contribution >= 4 is 34.6 Å². The van der Waals surface area contributed by atoms with Crippen LogP contribution in [0.5, 0.6) is 0 Å². The maximum Gasteiger partial charge on any atom is 0.314 e. The Morgan fingerprint density at radius 1 is 1.33 bits per heavy atom. The van der Waals surface area contributed by atoms with Gasteiger partial charge in [-0.25, -0.2) is 0 Å². The number of methoxy groups -OCH3 is 1. The quantitative estimate of drug-likeness (QED) is 0.803. The smallest absolute Gasteiger partial charge is 0.314 e. The number of hydrogen-bond donors (Lipinski definition) is 0. The summed E-state index contributed by atoms with van der Waals surface area (Å²) in [5.74, 6) is -0.929. The molecule has 2 aromatic rings. The molecule has 1 atom stereocenters. The zero-order valence-electron chi connectivity index (χ0n) is 14.2. The SMILES string of the molecule is COC(=O)C1CC(=O)N(C)c2cc(-c3cccc(N(C)C)c3)sc21. The van der Waals surface area contributed by atoms with Gasteiger partial charge >= 0.3 is 5.97 Å². The van der Waals surface area contributed by atoms with Gasteiger partial charge in [0, 0.05) is 43.0 Å². The minimum absolute atomic E-state index is 0.0655. The van der Waals surface area contributed by atoms with Gasteiger partial charge in [0.2, 0.25) is 5.91 Å². The molecule has 0 saturated carbocycles. The molecule has 1 aromatic heterocycles. The third-order valence-electron chi connectivity index (χ3n) is 4.30. The summed E-state index contributed by atoms with van der Waals surface area (Å²) in [5, 5.41) is 0. The molecule has 126 valence electrons. The van der Waals surface area contributed by atoms with Crippen LogP contribution in [0.25, 0.3) is 10.4 Å². The van der Waals surface area contributed by atoms with Crippen molar-refractivity contribution in [3.05, 3.63) is 35.2 Å². The molecule has 0 bridgehead atoms. The zero-order valence-corrected chi connectivity index (χ0v) is 15.0. The van der Waals surface area contributed by atoms with Crippen molar-refractivity contribution < 1.29 is 14.3 Å². The Hall–Kier alpha value is -2.34. The fraction of sp³-hybridized carbons (Fsp3) is 0.333. The Bertz CT molecular complexity index is 797. The fourth-order valence-electron chi connectivity index (χ4n) is 2.86. The molecular weight excluding hydrogens is 324 g/mol. The lowest BCUT2D eigenvalue weighted by Gasteiger charge is -2.27. The maximum absolute atomic E-state index is 12.2. The van der Waals surface area contributed by atoms with Crippen LogP contribution < -0.4 is 9.80 Å². The van der Waals surface area contributed by atoms with Crippen LogP contribution >= 0.6 is 11.3 Å². The van der Waals surface area contributed by atoms with E-state index in [9.17, 15) is 9.59 Å². The highest BCUT2D eigenvalue weighted by atomic mass is 32.1. The van der Waals surface area contributed by atoms with Crippen molar-refractivity contribution in [1.82, 2.24) is 0 Å². The molecule has 6 heteroatoms. The molecule has 1 amide bonds. The van der Waals surface area contributed by atoms with Crippen LogP contribution in [0, 0.1) is 0 Å². The predicted molar refractivity (Wildman–Crippen MR) is 96.9 cm³/mol. The van der Waals surface area contributed by atoms with Crippen LogP contribution in [0.3, 0.4) is 0 Å². The van der Waals surface area contributed by atoms with Crippen molar-refractivity contribution in [3.63, 3.8) is 0 Å². The van der Waals surface area contributed by atoms with Gasteiger partial charge in [-0.1, -0.05) is 12.1 Å². The minimum atomic E-state index is -0.510. The molecular formula is C18H20N2O3S. The topological polar surface area (TPSA) is 49.9 Å². The second-order valence-electron chi connectivity index (χ2n) is 6.04. The summed E-state index contributed by atoms with van der Waals surface area (Å²) in [6.45, 7) is 0. The Labute approximate surface area is 145 Å². The molecule has 1 aliphatic rings. The second-order valence-corrected chi connectivity index (χ2v) is 7.12. The van der Waals surface area contributed by atoms with Crippen molar-refractivity contribution in [2.45, 2.75) is 12.3 Å². The lowest BCUT2D eigenvalue weighted by Crippen LogP contribution is -2.34. The van der Waals surface area contributed by atoms with E-state index in [2.05, 4.69) is 6.07 Å². The number of anilines is 2. The minimum Gasteiger partial charge on any atom is -0.469 e. The molecule has 1 aromatic carbocycles. The van der Waals surface area contributed by atoms with Gasteiger partial charge < -0.3 is 14.5 Å². The summed E-state index contributed by atoms with van der Waals surface area (Å²) >= 11 is 1.55. The maximum atomic E-state index is 12.2. The molecule has 0 N–H and O–H groups in total. The highest BCUT2D eigenvalue weighted by molar-refractivity contribution is 7.16. The summed E-state index contributed by atoms with van der Waals surface area (Å²) in [7, 11) is 7.11. The molecule has 0 fully saturated rings. The number of benzene rings is 1. The lowest BCUT2D eigenvalue weighted by molar-refractivity contribution is -0.144. The number of hydrogen-bond acceptors (Lipinski definition) is 5. The van der Waals surface area contributed by atoms with Gasteiger partial charge in [-0.15, -0.1) is 11.3 Å². The first-order valence-corrected chi connectivity index (χ1v) is 8.50. The largest absolute Gasteiger partial charge is 0.469 e. The molecule has 1 aliphatic heterocycles. The molecule has 0 saturated heterocycles. The van der Waals surface area contributed by atoms with Gasteiger partial charge in [0.05, 0.1) is 12.8 Å². The Balaban J connectivity index is 2.08. The van der Waals surface area contributed by atoms with Gasteiger partial charge in [-0.2, -0.15) is 0 Å². The molecule has 3 rings (SSSR count). The Morgan fingerprint density at radius 2 is 2.08 bits per heavy atom. The molecule has 24 heavy (non-hydrogen) atoms. The van der Waals surface area contributed by atoms with E-state index in [-0.39, 0.29) is 18.3 Å². The first-order chi connectivity index (χ1) is 11.4. The van der Waals surface area contributed by atoms with Gasteiger partial charge in [0.15, 0.2) is 0 Å². The van der Waals surface area contributed by atoms with E-state index >= 15 is 0 Å². The van der Waals surface area contributed by atoms with E-state index in [1.807, 2.05) is 43.3 Å². The van der Waals surface area contributed by atoms with E-state index in [0.29, 0.717) is 0 Å². The third kappa shape index (κ3) is 2.78. The van der Waals surface area contributed by atoms with Gasteiger partial charge in [-0.05, 0) is 23.8 Å². The normalized spacial score (nSPS) is 16.8. The van der Waals surface area contributed by atoms with Crippen LogP contribution in [-0.4, -0.2) is 40.1 Å². The highest BCUT2D eigenvalue weighted by Gasteiger charge is 2.36. The number of carbonyl (C=O) groups is 2. The number of rotatable bonds is 3. The summed E-state index contributed by atoms with van der Waals surface area (Å²) in [6.07, 6.45) is 0.161. The third-order valence-corrected chi connectivity index (χ3v) is 5.59. The van der Waals surface area contributed by atoms with E-state index in [0.717, 1.165) is 26.7 Å². The van der Waals surface area contributed by atoms with Crippen molar-refractivity contribution in [3.8, 4) is 10.4 Å². The summed E-state index contributed by atoms with van der Waals surface area (Å²) in [6, 6.07) is 10.2. The second kappa shape index (κ2) is 6.28. The monoisotopic (exact) mass is 344 g/mol. The van der Waals surface area contributed by atoms with Crippen molar-refractivity contribution in [1.29, 1.82) is 0 Å². The number of amides is 1. The molecule has 2 heterocycles. The first-order valence-electron chi connectivity index (χ1n) is 7.68. The van der Waals surface area contributed by atoms with Crippen LogP contribution in [-0.2, 0) is 14.3 Å². The van der Waals surface area contributed by atoms with Crippen LogP contribution in [0.4, 0.5) is 11.4 Å². The van der Waals surface area contributed by atoms with Gasteiger partial charge in [-0.3, -0.25) is 9.59 Å². The number of ether oxygens (including phenoxy) is 1. The van der Waals surface area contributed by atoms with Crippen molar-refractivity contribution in [2.75, 3.05) is 38.1 Å². The van der Waals surface area contributed by atoms with Crippen LogP contribution in [0.15, 0.2) is 30.3 Å². The van der Waals surface area contributed by atoms with Crippen LogP contribution in [0.2, 0.25) is 0 Å². The molecule has 5 nitrogen and oxygen atoms in total. The number of fused-ring (bicyclic) bond motifs is 1. The van der Waals surface area contributed by atoms with E-state index < -0.39 is 5.92 Å². The molecule has 0 aliphatic carbocycles. The van der Waals surface area contributed by atoms with Gasteiger partial charge in [0.1, 0.15) is 5.92 Å². The van der Waals surface area contributed by atoms with Crippen molar-refractivity contribution in [2.24, 2.45) is 0 Å². The molecule has 0 radical (unpaired) electrons. The van der Waals surface area contributed by atoms with Gasteiger partial charge in [0.25, 0.3) is 0 Å². The predicted octanol–water partition coefficient (Wildman–Crippen LogP) is 3.10. The highest BCUT2D eigenvalue weighted by Crippen LogP contribution is 2.45. The number of thiophene rings is 1. The van der Waals surface area contributed by atoms with E-state index in [4.69, 9.17) is 4.74 Å². The van der Waals surface area contributed by atoms with E-state index in [1.54, 1.807) is 23.3 Å². The number of nitrogens with zero attached hydrogens (tertiary/aromatic N) is 2. The summed E-state index contributed by atoms with van der Waals surface area (Å²) in [4.78, 5) is 29.9. The average molecular weight is 344 g/mol. The molecule has 0 spiro atoms. The summed E-state index contributed by atoms with van der Waals surface area (Å²) in [5.41, 5.74) is 2.98. The number of carbonyl (C=O) groups excluding carboxylic acids is 2. The fourth-order valence-corrected chi connectivity index (χ4v) is 4.13. The lowest BCUT2D eigenvalue weighted by atomic mass is 9.97. The first kappa shape index (κ1) is 16.5. The summed E-state index contributed by atoms with van der Waals surface area (Å²) < 4.78 is 4.89. The average Bonchev–Trinajstić information content (AvgIpc) is 3.03. The molecule has 1 unspecified atom stereocenters. The van der Waals surface area contributed by atoms with E-state index in [1.165, 1.54) is 7.11 Å². The standard InChI is InChI=1S/C18H20N2O3S/c1-19(2)12-7-5-6-11(8-12)15-10-14-17(24-15)13(18(22)23-4)9-16(21)20(14)3/h5-8,10,13H,9H2,1-4H3. The Morgan fingerprint density at radius 3 is 2.75 bits per heavy atom. The zero-order chi connectivity index (χ0) is 17.4. The number of esters is 1. The van der Waals surface area contributed by atoms with Crippen LogP contribution in [0.1, 0.15) is 17.2 Å².